The number of pyridine rings is 2. The highest BCUT2D eigenvalue weighted by molar-refractivity contribution is 5.96. The molecular formula is C21H24N6O. The SMILES string of the molecule is Cc1cc(C)c2c(N3CCCCC3)nc(C(=O)NCc3ccncc3)nc2n1. The van der Waals surface area contributed by atoms with Crippen molar-refractivity contribution in [3.63, 3.8) is 0 Å². The smallest absolute Gasteiger partial charge is 0.289 e. The molecule has 1 aliphatic rings. The third-order valence-electron chi connectivity index (χ3n) is 5.03. The Morgan fingerprint density at radius 3 is 2.57 bits per heavy atom. The lowest BCUT2D eigenvalue weighted by Crippen LogP contribution is -2.32. The van der Waals surface area contributed by atoms with Crippen molar-refractivity contribution in [1.82, 2.24) is 25.3 Å². The molecular weight excluding hydrogens is 352 g/mol. The molecule has 4 rings (SSSR count). The van der Waals surface area contributed by atoms with E-state index >= 15 is 0 Å². The van der Waals surface area contributed by atoms with Gasteiger partial charge in [0.05, 0.1) is 5.39 Å². The monoisotopic (exact) mass is 376 g/mol. The summed E-state index contributed by atoms with van der Waals surface area (Å²) in [4.78, 5) is 32.8. The molecule has 1 saturated heterocycles. The number of carbonyl (C=O) groups excluding carboxylic acids is 1. The Bertz CT molecular complexity index is 999. The maximum atomic E-state index is 12.8. The van der Waals surface area contributed by atoms with E-state index in [1.165, 1.54) is 6.42 Å². The van der Waals surface area contributed by atoms with Crippen LogP contribution in [0.25, 0.3) is 11.0 Å². The first-order chi connectivity index (χ1) is 13.6. The highest BCUT2D eigenvalue weighted by Gasteiger charge is 2.21. The van der Waals surface area contributed by atoms with Crippen molar-refractivity contribution >= 4 is 22.8 Å². The lowest BCUT2D eigenvalue weighted by atomic mass is 10.1. The van der Waals surface area contributed by atoms with Crippen molar-refractivity contribution < 1.29 is 4.79 Å². The van der Waals surface area contributed by atoms with Crippen LogP contribution in [-0.2, 0) is 6.54 Å². The molecule has 144 valence electrons. The zero-order valence-corrected chi connectivity index (χ0v) is 16.3. The van der Waals surface area contributed by atoms with Gasteiger partial charge in [0.1, 0.15) is 5.82 Å². The van der Waals surface area contributed by atoms with Crippen LogP contribution >= 0.6 is 0 Å². The molecule has 0 bridgehead atoms. The van der Waals surface area contributed by atoms with Crippen molar-refractivity contribution in [3.8, 4) is 0 Å². The molecule has 1 N–H and O–H groups in total. The van der Waals surface area contributed by atoms with Crippen molar-refractivity contribution in [1.29, 1.82) is 0 Å². The zero-order chi connectivity index (χ0) is 19.5. The quantitative estimate of drug-likeness (QED) is 0.754. The fourth-order valence-electron chi connectivity index (χ4n) is 3.65. The third kappa shape index (κ3) is 3.78. The van der Waals surface area contributed by atoms with E-state index in [1.54, 1.807) is 12.4 Å². The Morgan fingerprint density at radius 1 is 1.07 bits per heavy atom. The van der Waals surface area contributed by atoms with Crippen molar-refractivity contribution in [2.24, 2.45) is 0 Å². The lowest BCUT2D eigenvalue weighted by Gasteiger charge is -2.29. The first-order valence-corrected chi connectivity index (χ1v) is 9.70. The van der Waals surface area contributed by atoms with Gasteiger partial charge in [-0.2, -0.15) is 0 Å². The number of fused-ring (bicyclic) bond motifs is 1. The van der Waals surface area contributed by atoms with Crippen LogP contribution in [0, 0.1) is 13.8 Å². The molecule has 1 amide bonds. The average Bonchev–Trinajstić information content (AvgIpc) is 2.72. The van der Waals surface area contributed by atoms with Crippen LogP contribution in [0.3, 0.4) is 0 Å². The fraction of sp³-hybridized carbons (Fsp3) is 0.381. The van der Waals surface area contributed by atoms with Gasteiger partial charge in [-0.1, -0.05) is 0 Å². The minimum Gasteiger partial charge on any atom is -0.356 e. The largest absolute Gasteiger partial charge is 0.356 e. The molecule has 0 saturated carbocycles. The predicted molar refractivity (Wildman–Crippen MR) is 108 cm³/mol. The van der Waals surface area contributed by atoms with E-state index < -0.39 is 0 Å². The first kappa shape index (κ1) is 18.3. The van der Waals surface area contributed by atoms with Gasteiger partial charge in [-0.3, -0.25) is 9.78 Å². The van der Waals surface area contributed by atoms with E-state index in [2.05, 4.69) is 37.1 Å². The van der Waals surface area contributed by atoms with E-state index in [0.717, 1.165) is 54.0 Å². The van der Waals surface area contributed by atoms with E-state index in [-0.39, 0.29) is 11.7 Å². The maximum absolute atomic E-state index is 12.8. The zero-order valence-electron chi connectivity index (χ0n) is 16.3. The van der Waals surface area contributed by atoms with Crippen LogP contribution in [0.2, 0.25) is 0 Å². The van der Waals surface area contributed by atoms with Crippen LogP contribution in [0.1, 0.15) is 46.7 Å². The summed E-state index contributed by atoms with van der Waals surface area (Å²) in [5, 5.41) is 3.84. The minimum absolute atomic E-state index is 0.166. The summed E-state index contributed by atoms with van der Waals surface area (Å²) in [6.45, 7) is 6.28. The van der Waals surface area contributed by atoms with Crippen molar-refractivity contribution in [2.75, 3.05) is 18.0 Å². The van der Waals surface area contributed by atoms with Gasteiger partial charge in [0.25, 0.3) is 5.91 Å². The molecule has 0 radical (unpaired) electrons. The lowest BCUT2D eigenvalue weighted by molar-refractivity contribution is 0.0941. The molecule has 4 heterocycles. The summed E-state index contributed by atoms with van der Waals surface area (Å²) in [7, 11) is 0. The summed E-state index contributed by atoms with van der Waals surface area (Å²) >= 11 is 0. The van der Waals surface area contributed by atoms with Crippen LogP contribution in [0.5, 0.6) is 0 Å². The number of carbonyl (C=O) groups is 1. The normalized spacial score (nSPS) is 14.3. The Morgan fingerprint density at radius 2 is 1.82 bits per heavy atom. The second kappa shape index (κ2) is 7.88. The van der Waals surface area contributed by atoms with E-state index in [0.29, 0.717) is 12.2 Å². The van der Waals surface area contributed by atoms with Gasteiger partial charge >= 0.3 is 0 Å². The van der Waals surface area contributed by atoms with Crippen LogP contribution in [0.15, 0.2) is 30.6 Å². The van der Waals surface area contributed by atoms with Gasteiger partial charge < -0.3 is 10.2 Å². The fourth-order valence-corrected chi connectivity index (χ4v) is 3.65. The van der Waals surface area contributed by atoms with Gasteiger partial charge in [0.2, 0.25) is 5.82 Å². The molecule has 7 heteroatoms. The first-order valence-electron chi connectivity index (χ1n) is 9.70. The van der Waals surface area contributed by atoms with Gasteiger partial charge in [0.15, 0.2) is 5.65 Å². The molecule has 3 aromatic rings. The molecule has 28 heavy (non-hydrogen) atoms. The summed E-state index contributed by atoms with van der Waals surface area (Å²) in [6.07, 6.45) is 6.91. The Balaban J connectivity index is 1.70. The Hall–Kier alpha value is -3.09. The van der Waals surface area contributed by atoms with E-state index in [4.69, 9.17) is 0 Å². The number of rotatable bonds is 4. The maximum Gasteiger partial charge on any atom is 0.289 e. The number of nitrogens with one attached hydrogen (secondary N) is 1. The number of hydrogen-bond donors (Lipinski definition) is 1. The summed E-state index contributed by atoms with van der Waals surface area (Å²) in [5.74, 6) is 0.696. The summed E-state index contributed by atoms with van der Waals surface area (Å²) in [5.41, 5.74) is 3.54. The van der Waals surface area contributed by atoms with Crippen molar-refractivity contribution in [2.45, 2.75) is 39.7 Å². The van der Waals surface area contributed by atoms with Gasteiger partial charge in [-0.05, 0) is 62.4 Å². The summed E-state index contributed by atoms with van der Waals surface area (Å²) < 4.78 is 0. The molecule has 0 aliphatic carbocycles. The van der Waals surface area contributed by atoms with Gasteiger partial charge in [-0.25, -0.2) is 15.0 Å². The second-order valence-corrected chi connectivity index (χ2v) is 7.24. The number of aryl methyl sites for hydroxylation is 2. The number of aromatic nitrogens is 4. The van der Waals surface area contributed by atoms with Crippen LogP contribution in [-0.4, -0.2) is 38.9 Å². The topological polar surface area (TPSA) is 83.9 Å². The highest BCUT2D eigenvalue weighted by Crippen LogP contribution is 2.28. The van der Waals surface area contributed by atoms with E-state index in [9.17, 15) is 4.79 Å². The number of hydrogen-bond acceptors (Lipinski definition) is 6. The molecule has 0 aromatic carbocycles. The van der Waals surface area contributed by atoms with Crippen LogP contribution < -0.4 is 10.2 Å². The Kier molecular flexibility index (Phi) is 5.14. The number of nitrogens with zero attached hydrogens (tertiary/aromatic N) is 5. The average molecular weight is 376 g/mol. The number of piperidine rings is 1. The standard InChI is InChI=1S/C21H24N6O/c1-14-12-15(2)24-18-17(14)20(27-10-4-3-5-11-27)26-19(25-18)21(28)23-13-16-6-8-22-9-7-16/h6-9,12H,3-5,10-11,13H2,1-2H3,(H,23,28). The number of amides is 1. The predicted octanol–water partition coefficient (Wildman–Crippen LogP) is 2.96. The third-order valence-corrected chi connectivity index (χ3v) is 5.03. The van der Waals surface area contributed by atoms with E-state index in [1.807, 2.05) is 25.1 Å². The Labute approximate surface area is 164 Å². The van der Waals surface area contributed by atoms with Gasteiger partial charge in [-0.15, -0.1) is 0 Å². The molecule has 0 unspecified atom stereocenters. The molecule has 0 spiro atoms. The molecule has 0 atom stereocenters. The van der Waals surface area contributed by atoms with Crippen molar-refractivity contribution in [3.05, 3.63) is 53.2 Å². The molecule has 7 nitrogen and oxygen atoms in total. The highest BCUT2D eigenvalue weighted by atomic mass is 16.2. The summed E-state index contributed by atoms with van der Waals surface area (Å²) in [6, 6.07) is 5.78. The minimum atomic E-state index is -0.294. The van der Waals surface area contributed by atoms with Crippen LogP contribution in [0.4, 0.5) is 5.82 Å². The number of anilines is 1. The molecule has 3 aromatic heterocycles. The molecule has 1 aliphatic heterocycles. The molecule has 1 fully saturated rings. The van der Waals surface area contributed by atoms with Gasteiger partial charge in [0, 0.05) is 37.7 Å². The second-order valence-electron chi connectivity index (χ2n) is 7.24.